The standard InChI is InChI=1S/C26H35ClN2O5.C14H22N2O5.CH4O/c1-17(13-18-9-10-21(27)22(14-18)32-4)7-5-6-8-19-15-20(33-25(31)29-19)16-23-26(2,34-23)12-11-24(30)28-3;1-10(14(20)21)15(2)11(17)6-4-3-5-9-16-12(18)7-8-13(16)19;1-2/h5-7,9-10,14,19-20,23H,8,11-13,15-16H2,1-4H3,(H,28,30)(H,29,31);10H,3-9H2,1-2H3,(H,20,21);2H,1H3/b6-5+,17-7+;;/t19?,20-,23?,26-;;/m0../s1. The van der Waals surface area contributed by atoms with Gasteiger partial charge in [0.05, 0.1) is 23.8 Å². The summed E-state index contributed by atoms with van der Waals surface area (Å²) in [6, 6.07) is 4.98. The fourth-order valence-electron chi connectivity index (χ4n) is 6.43. The molecule has 318 valence electrons. The van der Waals surface area contributed by atoms with E-state index in [-0.39, 0.29) is 60.0 Å². The number of hydrogen-bond donors (Lipinski definition) is 4. The molecule has 57 heavy (non-hydrogen) atoms. The molecule has 4 N–H and O–H groups in total. The molecule has 3 saturated heterocycles. The Morgan fingerprint density at radius 1 is 1.14 bits per heavy atom. The zero-order valence-corrected chi connectivity index (χ0v) is 35.1. The molecule has 4 rings (SSSR count). The number of aliphatic carboxylic acids is 1. The first-order chi connectivity index (χ1) is 27.1. The SMILES string of the molecule is CC(C(=O)O)N(C)C(=O)CCCCCN1C(=O)CCC1=O.CNC(=O)CC[C@]1(C)OC1C[C@@H]1CC(C/C=C/C=C(\C)Cc2ccc(Cl)c(OC)c2)NC(=O)O1.CO. The van der Waals surface area contributed by atoms with E-state index in [2.05, 4.69) is 29.7 Å². The van der Waals surface area contributed by atoms with Crippen LogP contribution >= 0.6 is 11.6 Å². The number of nitrogens with zero attached hydrogens (tertiary/aromatic N) is 2. The van der Waals surface area contributed by atoms with Crippen LogP contribution in [0.2, 0.25) is 5.02 Å². The average molecular weight is 821 g/mol. The van der Waals surface area contributed by atoms with E-state index in [9.17, 15) is 28.8 Å². The van der Waals surface area contributed by atoms with Gasteiger partial charge in [-0.15, -0.1) is 0 Å². The summed E-state index contributed by atoms with van der Waals surface area (Å²) in [4.78, 5) is 71.3. The highest BCUT2D eigenvalue weighted by Gasteiger charge is 2.53. The van der Waals surface area contributed by atoms with Crippen LogP contribution in [0.25, 0.3) is 0 Å². The number of cyclic esters (lactones) is 1. The first-order valence-corrected chi connectivity index (χ1v) is 19.7. The highest BCUT2D eigenvalue weighted by Crippen LogP contribution is 2.44. The number of nitrogens with one attached hydrogen (secondary N) is 2. The van der Waals surface area contributed by atoms with Gasteiger partial charge in [-0.1, -0.05) is 47.9 Å². The fourth-order valence-corrected chi connectivity index (χ4v) is 6.63. The summed E-state index contributed by atoms with van der Waals surface area (Å²) in [6.45, 7) is 5.96. The van der Waals surface area contributed by atoms with Gasteiger partial charge in [-0.05, 0) is 70.6 Å². The van der Waals surface area contributed by atoms with Crippen LogP contribution < -0.4 is 15.4 Å². The van der Waals surface area contributed by atoms with Gasteiger partial charge in [0.2, 0.25) is 23.6 Å². The normalized spacial score (nSPS) is 22.0. The molecule has 5 amide bonds. The molecule has 16 heteroatoms. The number of epoxide rings is 1. The number of carbonyl (C=O) groups excluding carboxylic acids is 5. The van der Waals surface area contributed by atoms with E-state index in [0.717, 1.165) is 38.4 Å². The van der Waals surface area contributed by atoms with Crippen LogP contribution in [0.4, 0.5) is 4.79 Å². The minimum atomic E-state index is -1.03. The lowest BCUT2D eigenvalue weighted by atomic mass is 9.94. The van der Waals surface area contributed by atoms with Gasteiger partial charge in [0, 0.05) is 72.3 Å². The number of unbranched alkanes of at least 4 members (excludes halogenated alkanes) is 2. The lowest BCUT2D eigenvalue weighted by molar-refractivity contribution is -0.148. The van der Waals surface area contributed by atoms with Crippen molar-refractivity contribution in [1.29, 1.82) is 0 Å². The van der Waals surface area contributed by atoms with E-state index in [4.69, 9.17) is 36.0 Å². The maximum atomic E-state index is 12.0. The van der Waals surface area contributed by atoms with Crippen molar-refractivity contribution in [2.45, 2.75) is 128 Å². The molecule has 0 spiro atoms. The molecule has 1 aromatic rings. The van der Waals surface area contributed by atoms with Crippen molar-refractivity contribution in [3.63, 3.8) is 0 Å². The Morgan fingerprint density at radius 3 is 2.46 bits per heavy atom. The summed E-state index contributed by atoms with van der Waals surface area (Å²) in [5.41, 5.74) is 2.03. The number of likely N-dealkylation sites (tertiary alicyclic amines) is 1. The maximum Gasteiger partial charge on any atom is 0.407 e. The minimum Gasteiger partial charge on any atom is -0.495 e. The summed E-state index contributed by atoms with van der Waals surface area (Å²) < 4.78 is 16.6. The molecule has 3 unspecified atom stereocenters. The van der Waals surface area contributed by atoms with Crippen LogP contribution in [-0.2, 0) is 39.9 Å². The lowest BCUT2D eigenvalue weighted by Gasteiger charge is -2.29. The van der Waals surface area contributed by atoms with Gasteiger partial charge in [0.25, 0.3) is 0 Å². The number of halogens is 1. The Morgan fingerprint density at radius 2 is 1.82 bits per heavy atom. The van der Waals surface area contributed by atoms with Crippen LogP contribution in [0.1, 0.15) is 97.0 Å². The van der Waals surface area contributed by atoms with Crippen molar-refractivity contribution in [2.24, 2.45) is 0 Å². The quantitative estimate of drug-likeness (QED) is 0.0636. The second-order valence-corrected chi connectivity index (χ2v) is 14.9. The van der Waals surface area contributed by atoms with Crippen LogP contribution in [0.15, 0.2) is 42.0 Å². The summed E-state index contributed by atoms with van der Waals surface area (Å²) in [6.07, 6.45) is 12.5. The monoisotopic (exact) mass is 820 g/mol. The molecule has 0 bridgehead atoms. The number of rotatable bonds is 19. The number of aliphatic hydroxyl groups excluding tert-OH is 1. The first-order valence-electron chi connectivity index (χ1n) is 19.3. The molecule has 15 nitrogen and oxygen atoms in total. The second kappa shape index (κ2) is 24.3. The number of amides is 5. The second-order valence-electron chi connectivity index (χ2n) is 14.5. The van der Waals surface area contributed by atoms with Crippen molar-refractivity contribution < 1.29 is 53.2 Å². The predicted molar refractivity (Wildman–Crippen MR) is 215 cm³/mol. The summed E-state index contributed by atoms with van der Waals surface area (Å²) in [5, 5.41) is 22.0. The smallest absolute Gasteiger partial charge is 0.407 e. The number of ether oxygens (including phenoxy) is 3. The summed E-state index contributed by atoms with van der Waals surface area (Å²) >= 11 is 6.09. The number of carbonyl (C=O) groups is 6. The van der Waals surface area contributed by atoms with E-state index in [1.807, 2.05) is 31.2 Å². The molecule has 5 atom stereocenters. The van der Waals surface area contributed by atoms with E-state index < -0.39 is 12.0 Å². The largest absolute Gasteiger partial charge is 0.495 e. The van der Waals surface area contributed by atoms with Crippen molar-refractivity contribution in [1.82, 2.24) is 20.4 Å². The lowest BCUT2D eigenvalue weighted by Crippen LogP contribution is -2.45. The number of hydrogen-bond acceptors (Lipinski definition) is 10. The molecule has 3 aliphatic heterocycles. The fraction of sp³-hybridized carbons (Fsp3) is 0.610. The van der Waals surface area contributed by atoms with E-state index in [1.165, 1.54) is 29.3 Å². The molecule has 0 aromatic heterocycles. The van der Waals surface area contributed by atoms with Crippen molar-refractivity contribution in [3.8, 4) is 5.75 Å². The Bertz CT molecular complexity index is 1590. The highest BCUT2D eigenvalue weighted by atomic mass is 35.5. The number of allylic oxidation sites excluding steroid dienone is 3. The van der Waals surface area contributed by atoms with E-state index in [0.29, 0.717) is 62.3 Å². The third kappa shape index (κ3) is 16.5. The van der Waals surface area contributed by atoms with Crippen LogP contribution in [0.3, 0.4) is 0 Å². The van der Waals surface area contributed by atoms with Crippen molar-refractivity contribution in [2.75, 3.05) is 34.9 Å². The molecular formula is C41H61ClN4O11. The molecule has 3 heterocycles. The van der Waals surface area contributed by atoms with Gasteiger partial charge in [0.15, 0.2) is 0 Å². The summed E-state index contributed by atoms with van der Waals surface area (Å²) in [5.74, 6) is -0.796. The van der Waals surface area contributed by atoms with Crippen LogP contribution in [0, 0.1) is 0 Å². The number of aliphatic hydroxyl groups is 1. The average Bonchev–Trinajstić information content (AvgIpc) is 3.71. The van der Waals surface area contributed by atoms with Crippen molar-refractivity contribution in [3.05, 3.63) is 52.6 Å². The van der Waals surface area contributed by atoms with Gasteiger partial charge in [-0.25, -0.2) is 9.59 Å². The van der Waals surface area contributed by atoms with Crippen LogP contribution in [0.5, 0.6) is 5.75 Å². The van der Waals surface area contributed by atoms with E-state index in [1.54, 1.807) is 14.2 Å². The number of methoxy groups -OCH3 is 1. The number of carboxylic acids is 1. The predicted octanol–water partition coefficient (Wildman–Crippen LogP) is 4.96. The Hall–Kier alpha value is -4.47. The molecule has 1 aromatic carbocycles. The maximum absolute atomic E-state index is 12.0. The molecule has 0 radical (unpaired) electrons. The Labute approximate surface area is 341 Å². The van der Waals surface area contributed by atoms with Crippen LogP contribution in [-0.4, -0.2) is 120 Å². The molecule has 3 fully saturated rings. The topological polar surface area (TPSA) is 204 Å². The molecular weight excluding hydrogens is 760 g/mol. The third-order valence-electron chi connectivity index (χ3n) is 10.2. The number of carboxylic acid groups (broad SMARTS) is 1. The zero-order valence-electron chi connectivity index (χ0n) is 34.3. The van der Waals surface area contributed by atoms with Gasteiger partial charge in [-0.3, -0.25) is 24.1 Å². The molecule has 3 aliphatic rings. The van der Waals surface area contributed by atoms with Crippen molar-refractivity contribution >= 4 is 47.3 Å². The Kier molecular flexibility index (Phi) is 20.8. The van der Waals surface area contributed by atoms with Gasteiger partial charge >= 0.3 is 12.1 Å². The number of imide groups is 1. The minimum absolute atomic E-state index is 0.00722. The van der Waals surface area contributed by atoms with Gasteiger partial charge in [0.1, 0.15) is 17.9 Å². The number of likely N-dealkylation sites (N-methyl/N-ethyl adjacent to an activating group) is 1. The number of alkyl carbamates (subject to hydrolysis) is 1. The van der Waals surface area contributed by atoms with Gasteiger partial charge < -0.3 is 40.0 Å². The Balaban J connectivity index is 0.000000419. The van der Waals surface area contributed by atoms with Gasteiger partial charge in [-0.2, -0.15) is 0 Å². The third-order valence-corrected chi connectivity index (χ3v) is 10.5. The summed E-state index contributed by atoms with van der Waals surface area (Å²) in [7, 11) is 5.72. The van der Waals surface area contributed by atoms with E-state index >= 15 is 0 Å². The zero-order chi connectivity index (χ0) is 42.7. The first kappa shape index (κ1) is 48.7. The highest BCUT2D eigenvalue weighted by molar-refractivity contribution is 6.32. The molecule has 0 aliphatic carbocycles. The number of benzene rings is 1. The molecule has 0 saturated carbocycles.